The highest BCUT2D eigenvalue weighted by Gasteiger charge is 2.05. The lowest BCUT2D eigenvalue weighted by Crippen LogP contribution is -1.88. The minimum Gasteiger partial charge on any atom is -0.339 e. The lowest BCUT2D eigenvalue weighted by atomic mass is 10.2. The van der Waals surface area contributed by atoms with Gasteiger partial charge in [-0.25, -0.2) is 0 Å². The van der Waals surface area contributed by atoms with Gasteiger partial charge in [-0.15, -0.1) is 0 Å². The van der Waals surface area contributed by atoms with E-state index in [1.807, 2.05) is 43.9 Å². The fourth-order valence-electron chi connectivity index (χ4n) is 1.74. The van der Waals surface area contributed by atoms with Gasteiger partial charge in [-0.1, -0.05) is 32.0 Å². The Labute approximate surface area is 88.7 Å². The van der Waals surface area contributed by atoms with Gasteiger partial charge in [0.2, 0.25) is 0 Å². The van der Waals surface area contributed by atoms with Crippen molar-refractivity contribution in [3.05, 3.63) is 30.5 Å². The van der Waals surface area contributed by atoms with Crippen LogP contribution in [0.5, 0.6) is 0 Å². The largest absolute Gasteiger partial charge is 0.339 e. The zero-order chi connectivity index (χ0) is 10.8. The monoisotopic (exact) mass is 201 g/mol. The van der Waals surface area contributed by atoms with Crippen LogP contribution in [-0.2, 0) is 7.05 Å². The molecule has 78 valence electrons. The fraction of sp³-hybridized carbons (Fsp3) is 0.250. The Morgan fingerprint density at radius 2 is 1.87 bits per heavy atom. The van der Waals surface area contributed by atoms with Gasteiger partial charge in [0.1, 0.15) is 5.65 Å². The van der Waals surface area contributed by atoms with Crippen LogP contribution in [0.4, 0.5) is 0 Å². The van der Waals surface area contributed by atoms with Crippen LogP contribution in [0, 0.1) is 0 Å². The number of benzene rings is 1. The lowest BCUT2D eigenvalue weighted by molar-refractivity contribution is 0.788. The van der Waals surface area contributed by atoms with E-state index >= 15 is 0 Å². The van der Waals surface area contributed by atoms with Crippen LogP contribution in [0.2, 0.25) is 0 Å². The summed E-state index contributed by atoms with van der Waals surface area (Å²) in [5, 5.41) is 6.63. The average molecular weight is 201 g/mol. The molecular weight excluding hydrogens is 186 g/mol. The summed E-state index contributed by atoms with van der Waals surface area (Å²) in [7, 11) is 1.94. The maximum Gasteiger partial charge on any atom is 0.136 e. The van der Waals surface area contributed by atoms with Gasteiger partial charge < -0.3 is 4.98 Å². The molecule has 3 aromatic rings. The summed E-state index contributed by atoms with van der Waals surface area (Å²) < 4.78 is 1.86. The molecule has 15 heavy (non-hydrogen) atoms. The Morgan fingerprint density at radius 1 is 1.13 bits per heavy atom. The maximum absolute atomic E-state index is 4.19. The summed E-state index contributed by atoms with van der Waals surface area (Å²) >= 11 is 0. The minimum atomic E-state index is 1.08. The van der Waals surface area contributed by atoms with Crippen molar-refractivity contribution < 1.29 is 0 Å². The Balaban J connectivity index is 0.000000404. The van der Waals surface area contributed by atoms with Gasteiger partial charge in [0.15, 0.2) is 0 Å². The van der Waals surface area contributed by atoms with E-state index in [1.54, 1.807) is 0 Å². The van der Waals surface area contributed by atoms with Crippen molar-refractivity contribution in [1.29, 1.82) is 0 Å². The summed E-state index contributed by atoms with van der Waals surface area (Å²) in [5.41, 5.74) is 2.26. The third-order valence-electron chi connectivity index (χ3n) is 2.41. The zero-order valence-corrected chi connectivity index (χ0v) is 9.28. The summed E-state index contributed by atoms with van der Waals surface area (Å²) in [6, 6.07) is 8.26. The van der Waals surface area contributed by atoms with Crippen molar-refractivity contribution in [1.82, 2.24) is 14.8 Å². The van der Waals surface area contributed by atoms with Crippen molar-refractivity contribution in [2.75, 3.05) is 0 Å². The molecule has 1 N–H and O–H groups in total. The molecule has 0 amide bonds. The number of hydrogen-bond acceptors (Lipinski definition) is 1. The zero-order valence-electron chi connectivity index (χ0n) is 9.28. The molecule has 2 aromatic heterocycles. The van der Waals surface area contributed by atoms with Gasteiger partial charge in [-0.05, 0) is 6.07 Å². The van der Waals surface area contributed by atoms with E-state index in [1.165, 1.54) is 16.3 Å². The first-order valence-electron chi connectivity index (χ1n) is 5.25. The molecule has 0 aliphatic heterocycles. The predicted molar refractivity (Wildman–Crippen MR) is 63.9 cm³/mol. The molecule has 1 aromatic carbocycles. The number of nitrogens with one attached hydrogen (secondary N) is 1. The second kappa shape index (κ2) is 3.77. The number of aryl methyl sites for hydroxylation is 1. The second-order valence-electron chi connectivity index (χ2n) is 3.20. The Bertz CT molecular complexity index is 575. The molecule has 0 aliphatic rings. The van der Waals surface area contributed by atoms with E-state index in [4.69, 9.17) is 0 Å². The SMILES string of the molecule is CC.Cn1ncc2c3ccccc3[nH]c21. The number of aromatic nitrogens is 3. The highest BCUT2D eigenvalue weighted by atomic mass is 15.3. The highest BCUT2D eigenvalue weighted by Crippen LogP contribution is 2.23. The van der Waals surface area contributed by atoms with E-state index in [2.05, 4.69) is 22.2 Å². The van der Waals surface area contributed by atoms with E-state index < -0.39 is 0 Å². The number of nitrogens with zero attached hydrogens (tertiary/aromatic N) is 2. The van der Waals surface area contributed by atoms with E-state index in [0.29, 0.717) is 0 Å². The Morgan fingerprint density at radius 3 is 2.67 bits per heavy atom. The first-order valence-corrected chi connectivity index (χ1v) is 5.25. The molecule has 0 bridgehead atoms. The van der Waals surface area contributed by atoms with E-state index in [9.17, 15) is 0 Å². The molecule has 0 spiro atoms. The standard InChI is InChI=1S/C10H9N3.C2H6/c1-13-10-8(6-11-13)7-4-2-3-5-9(7)12-10;1-2/h2-6,12H,1H3;1-2H3. The molecular formula is C12H15N3. The topological polar surface area (TPSA) is 33.6 Å². The number of aromatic amines is 1. The third kappa shape index (κ3) is 1.40. The molecule has 0 aliphatic carbocycles. The smallest absolute Gasteiger partial charge is 0.136 e. The minimum absolute atomic E-state index is 1.08. The number of fused-ring (bicyclic) bond motifs is 3. The molecule has 0 fully saturated rings. The van der Waals surface area contributed by atoms with Gasteiger partial charge in [-0.2, -0.15) is 5.10 Å². The molecule has 2 heterocycles. The van der Waals surface area contributed by atoms with Crippen LogP contribution in [-0.4, -0.2) is 14.8 Å². The van der Waals surface area contributed by atoms with Crippen molar-refractivity contribution in [2.24, 2.45) is 7.05 Å². The average Bonchev–Trinajstić information content (AvgIpc) is 2.82. The second-order valence-corrected chi connectivity index (χ2v) is 3.20. The van der Waals surface area contributed by atoms with Gasteiger partial charge in [0, 0.05) is 23.3 Å². The summed E-state index contributed by atoms with van der Waals surface area (Å²) in [6.07, 6.45) is 1.90. The van der Waals surface area contributed by atoms with Crippen molar-refractivity contribution in [3.8, 4) is 0 Å². The maximum atomic E-state index is 4.19. The van der Waals surface area contributed by atoms with E-state index in [0.717, 1.165) is 5.65 Å². The molecule has 3 heteroatoms. The summed E-state index contributed by atoms with van der Waals surface area (Å²) in [5.74, 6) is 0. The summed E-state index contributed by atoms with van der Waals surface area (Å²) in [4.78, 5) is 3.33. The van der Waals surface area contributed by atoms with Crippen LogP contribution >= 0.6 is 0 Å². The fourth-order valence-corrected chi connectivity index (χ4v) is 1.74. The summed E-state index contributed by atoms with van der Waals surface area (Å²) in [6.45, 7) is 4.00. The Hall–Kier alpha value is -1.77. The number of para-hydroxylation sites is 1. The van der Waals surface area contributed by atoms with Crippen molar-refractivity contribution in [2.45, 2.75) is 13.8 Å². The van der Waals surface area contributed by atoms with Crippen LogP contribution < -0.4 is 0 Å². The molecule has 3 rings (SSSR count). The van der Waals surface area contributed by atoms with Crippen LogP contribution in [0.15, 0.2) is 30.5 Å². The van der Waals surface area contributed by atoms with Crippen molar-refractivity contribution >= 4 is 21.9 Å². The van der Waals surface area contributed by atoms with Crippen LogP contribution in [0.3, 0.4) is 0 Å². The predicted octanol–water partition coefficient (Wildman–Crippen LogP) is 3.08. The van der Waals surface area contributed by atoms with Gasteiger partial charge in [0.05, 0.1) is 6.20 Å². The Kier molecular flexibility index (Phi) is 2.46. The third-order valence-corrected chi connectivity index (χ3v) is 2.41. The molecule has 3 nitrogen and oxygen atoms in total. The first-order chi connectivity index (χ1) is 7.36. The number of hydrogen-bond donors (Lipinski definition) is 1. The molecule has 0 unspecified atom stereocenters. The quantitative estimate of drug-likeness (QED) is 0.595. The molecule has 0 saturated carbocycles. The van der Waals surface area contributed by atoms with Gasteiger partial charge >= 0.3 is 0 Å². The van der Waals surface area contributed by atoms with Crippen molar-refractivity contribution in [3.63, 3.8) is 0 Å². The molecule has 0 atom stereocenters. The number of rotatable bonds is 0. The highest BCUT2D eigenvalue weighted by molar-refractivity contribution is 6.05. The van der Waals surface area contributed by atoms with Gasteiger partial charge in [-0.3, -0.25) is 4.68 Å². The van der Waals surface area contributed by atoms with Gasteiger partial charge in [0.25, 0.3) is 0 Å². The first kappa shape index (κ1) is 9.77. The number of H-pyrrole nitrogens is 1. The van der Waals surface area contributed by atoms with Crippen LogP contribution in [0.1, 0.15) is 13.8 Å². The lowest BCUT2D eigenvalue weighted by Gasteiger charge is -1.87. The normalized spacial score (nSPS) is 10.3. The van der Waals surface area contributed by atoms with Crippen LogP contribution in [0.25, 0.3) is 21.9 Å². The molecule has 0 radical (unpaired) electrons. The van der Waals surface area contributed by atoms with E-state index in [-0.39, 0.29) is 0 Å². The molecule has 0 saturated heterocycles.